The molecule has 0 aliphatic carbocycles. The van der Waals surface area contributed by atoms with Crippen molar-refractivity contribution in [2.45, 2.75) is 24.9 Å². The van der Waals surface area contributed by atoms with Crippen LogP contribution in [0.4, 0.5) is 0 Å². The van der Waals surface area contributed by atoms with Crippen LogP contribution in [0.15, 0.2) is 58.4 Å². The first kappa shape index (κ1) is 22.9. The molecule has 8 heteroatoms. The van der Waals surface area contributed by atoms with E-state index in [0.29, 0.717) is 13.2 Å². The molecule has 0 aromatic heterocycles. The van der Waals surface area contributed by atoms with E-state index in [1.165, 1.54) is 18.2 Å². The standard InChI is InChI=1S/C21H30N4O3S/c1-17-5-7-19(8-6-17)16-25(3)21(22-2)23-15-18-9-11-20(12-10-18)29(26,27)24-13-14-28-4/h5-12,24H,13-16H2,1-4H3,(H,22,23). The number of aliphatic imine (C=N–C) groups is 1. The van der Waals surface area contributed by atoms with E-state index in [4.69, 9.17) is 4.74 Å². The molecule has 0 fully saturated rings. The Hall–Kier alpha value is -2.42. The number of benzene rings is 2. The van der Waals surface area contributed by atoms with Crippen LogP contribution in [-0.2, 0) is 27.8 Å². The smallest absolute Gasteiger partial charge is 0.240 e. The van der Waals surface area contributed by atoms with Crippen LogP contribution in [0.25, 0.3) is 0 Å². The Morgan fingerprint density at radius 2 is 1.69 bits per heavy atom. The zero-order valence-corrected chi connectivity index (χ0v) is 18.3. The molecule has 0 unspecified atom stereocenters. The summed E-state index contributed by atoms with van der Waals surface area (Å²) in [5, 5.41) is 3.31. The summed E-state index contributed by atoms with van der Waals surface area (Å²) in [7, 11) is 1.74. The molecule has 0 radical (unpaired) electrons. The Bertz CT molecular complexity index is 895. The molecule has 2 rings (SSSR count). The zero-order chi connectivity index (χ0) is 21.3. The molecule has 0 saturated carbocycles. The lowest BCUT2D eigenvalue weighted by Gasteiger charge is -2.22. The second-order valence-electron chi connectivity index (χ2n) is 6.78. The molecular formula is C21H30N4O3S. The summed E-state index contributed by atoms with van der Waals surface area (Å²) in [6.45, 7) is 3.93. The highest BCUT2D eigenvalue weighted by Gasteiger charge is 2.13. The third kappa shape index (κ3) is 7.16. The van der Waals surface area contributed by atoms with E-state index in [1.807, 2.05) is 11.9 Å². The first-order valence-electron chi connectivity index (χ1n) is 9.40. The van der Waals surface area contributed by atoms with Crippen LogP contribution in [-0.4, -0.2) is 53.6 Å². The van der Waals surface area contributed by atoms with Crippen LogP contribution < -0.4 is 10.0 Å². The zero-order valence-electron chi connectivity index (χ0n) is 17.5. The average molecular weight is 419 g/mol. The number of sulfonamides is 1. The number of nitrogens with one attached hydrogen (secondary N) is 2. The van der Waals surface area contributed by atoms with E-state index < -0.39 is 10.0 Å². The lowest BCUT2D eigenvalue weighted by molar-refractivity contribution is 0.204. The number of hydrogen-bond donors (Lipinski definition) is 2. The first-order chi connectivity index (χ1) is 13.9. The van der Waals surface area contributed by atoms with Crippen molar-refractivity contribution >= 4 is 16.0 Å². The summed E-state index contributed by atoms with van der Waals surface area (Å²) < 4.78 is 31.8. The molecule has 0 aliphatic heterocycles. The molecule has 158 valence electrons. The van der Waals surface area contributed by atoms with E-state index in [9.17, 15) is 8.42 Å². The maximum Gasteiger partial charge on any atom is 0.240 e. The SMILES string of the molecule is CN=C(NCc1ccc(S(=O)(=O)NCCOC)cc1)N(C)Cc1ccc(C)cc1. The summed E-state index contributed by atoms with van der Waals surface area (Å²) in [6, 6.07) is 15.2. The summed E-state index contributed by atoms with van der Waals surface area (Å²) in [4.78, 5) is 6.61. The van der Waals surface area contributed by atoms with Crippen molar-refractivity contribution in [2.75, 3.05) is 34.4 Å². The maximum absolute atomic E-state index is 12.2. The molecule has 2 N–H and O–H groups in total. The number of hydrogen-bond acceptors (Lipinski definition) is 4. The Balaban J connectivity index is 1.92. The highest BCUT2D eigenvalue weighted by molar-refractivity contribution is 7.89. The van der Waals surface area contributed by atoms with Crippen LogP contribution in [0.3, 0.4) is 0 Å². The molecule has 0 atom stereocenters. The van der Waals surface area contributed by atoms with Crippen molar-refractivity contribution in [2.24, 2.45) is 4.99 Å². The fourth-order valence-electron chi connectivity index (χ4n) is 2.76. The molecule has 2 aromatic carbocycles. The number of guanidine groups is 1. The Kier molecular flexibility index (Phi) is 8.63. The van der Waals surface area contributed by atoms with Crippen LogP contribution in [0.2, 0.25) is 0 Å². The van der Waals surface area contributed by atoms with Crippen molar-refractivity contribution in [1.29, 1.82) is 0 Å². The quantitative estimate of drug-likeness (QED) is 0.370. The van der Waals surface area contributed by atoms with E-state index in [0.717, 1.165) is 18.1 Å². The second-order valence-corrected chi connectivity index (χ2v) is 8.54. The fraction of sp³-hybridized carbons (Fsp3) is 0.381. The first-order valence-corrected chi connectivity index (χ1v) is 10.9. The van der Waals surface area contributed by atoms with Gasteiger partial charge in [-0.05, 0) is 30.2 Å². The predicted molar refractivity (Wildman–Crippen MR) is 116 cm³/mol. The number of rotatable bonds is 9. The van der Waals surface area contributed by atoms with Gasteiger partial charge in [-0.25, -0.2) is 13.1 Å². The average Bonchev–Trinajstić information content (AvgIpc) is 2.70. The van der Waals surface area contributed by atoms with Gasteiger partial charge in [0.25, 0.3) is 0 Å². The molecule has 0 bridgehead atoms. The number of nitrogens with zero attached hydrogens (tertiary/aromatic N) is 2. The Morgan fingerprint density at radius 1 is 1.07 bits per heavy atom. The van der Waals surface area contributed by atoms with Gasteiger partial charge in [-0.1, -0.05) is 42.0 Å². The normalized spacial score (nSPS) is 12.1. The highest BCUT2D eigenvalue weighted by Crippen LogP contribution is 2.11. The van der Waals surface area contributed by atoms with Gasteiger partial charge >= 0.3 is 0 Å². The number of aryl methyl sites for hydroxylation is 1. The van der Waals surface area contributed by atoms with Crippen molar-refractivity contribution in [3.8, 4) is 0 Å². The summed E-state index contributed by atoms with van der Waals surface area (Å²) in [5.74, 6) is 0.767. The minimum atomic E-state index is -3.52. The molecule has 0 heterocycles. The molecule has 0 saturated heterocycles. The van der Waals surface area contributed by atoms with Gasteiger partial charge in [-0.3, -0.25) is 4.99 Å². The van der Waals surface area contributed by atoms with Gasteiger partial charge in [0.15, 0.2) is 5.96 Å². The molecule has 7 nitrogen and oxygen atoms in total. The van der Waals surface area contributed by atoms with E-state index in [1.54, 1.807) is 31.3 Å². The monoisotopic (exact) mass is 418 g/mol. The van der Waals surface area contributed by atoms with Crippen molar-refractivity contribution in [1.82, 2.24) is 14.9 Å². The summed E-state index contributed by atoms with van der Waals surface area (Å²) in [6.07, 6.45) is 0. The maximum atomic E-state index is 12.2. The summed E-state index contributed by atoms with van der Waals surface area (Å²) in [5.41, 5.74) is 3.40. The van der Waals surface area contributed by atoms with Crippen molar-refractivity contribution < 1.29 is 13.2 Å². The van der Waals surface area contributed by atoms with Gasteiger partial charge in [0, 0.05) is 40.8 Å². The van der Waals surface area contributed by atoms with Gasteiger partial charge in [-0.2, -0.15) is 0 Å². The fourth-order valence-corrected chi connectivity index (χ4v) is 3.77. The minimum Gasteiger partial charge on any atom is -0.383 e. The van der Waals surface area contributed by atoms with E-state index in [2.05, 4.69) is 46.2 Å². The third-order valence-electron chi connectivity index (χ3n) is 4.40. The van der Waals surface area contributed by atoms with Gasteiger partial charge in [0.2, 0.25) is 10.0 Å². The van der Waals surface area contributed by atoms with Crippen LogP contribution in [0.5, 0.6) is 0 Å². The topological polar surface area (TPSA) is 83.0 Å². The van der Waals surface area contributed by atoms with Crippen LogP contribution >= 0.6 is 0 Å². The van der Waals surface area contributed by atoms with Crippen molar-refractivity contribution in [3.63, 3.8) is 0 Å². The Labute approximate surface area is 173 Å². The molecule has 29 heavy (non-hydrogen) atoms. The minimum absolute atomic E-state index is 0.234. The molecule has 2 aromatic rings. The van der Waals surface area contributed by atoms with E-state index in [-0.39, 0.29) is 11.4 Å². The second kappa shape index (κ2) is 10.9. The number of methoxy groups -OCH3 is 1. The van der Waals surface area contributed by atoms with E-state index >= 15 is 0 Å². The van der Waals surface area contributed by atoms with Crippen LogP contribution in [0.1, 0.15) is 16.7 Å². The highest BCUT2D eigenvalue weighted by atomic mass is 32.2. The predicted octanol–water partition coefficient (Wildman–Crippen LogP) is 2.13. The molecule has 0 amide bonds. The van der Waals surface area contributed by atoms with Gasteiger partial charge < -0.3 is 15.0 Å². The lowest BCUT2D eigenvalue weighted by Crippen LogP contribution is -2.38. The summed E-state index contributed by atoms with van der Waals surface area (Å²) >= 11 is 0. The largest absolute Gasteiger partial charge is 0.383 e. The van der Waals surface area contributed by atoms with Crippen LogP contribution in [0, 0.1) is 6.92 Å². The molecule has 0 spiro atoms. The third-order valence-corrected chi connectivity index (χ3v) is 5.87. The lowest BCUT2D eigenvalue weighted by atomic mass is 10.1. The number of ether oxygens (including phenoxy) is 1. The van der Waals surface area contributed by atoms with Gasteiger partial charge in [0.05, 0.1) is 11.5 Å². The Morgan fingerprint density at radius 3 is 2.28 bits per heavy atom. The molecular weight excluding hydrogens is 388 g/mol. The van der Waals surface area contributed by atoms with Gasteiger partial charge in [0.1, 0.15) is 0 Å². The molecule has 0 aliphatic rings. The van der Waals surface area contributed by atoms with Crippen molar-refractivity contribution in [3.05, 3.63) is 65.2 Å². The van der Waals surface area contributed by atoms with Gasteiger partial charge in [-0.15, -0.1) is 0 Å².